The van der Waals surface area contributed by atoms with Gasteiger partial charge in [0, 0.05) is 30.8 Å². The number of sulfonamides is 1. The predicted molar refractivity (Wildman–Crippen MR) is 208 cm³/mol. The first-order chi connectivity index (χ1) is 27.1. The van der Waals surface area contributed by atoms with Crippen LogP contribution in [-0.4, -0.2) is 113 Å². The highest BCUT2D eigenvalue weighted by molar-refractivity contribution is 7.91. The van der Waals surface area contributed by atoms with E-state index in [4.69, 9.17) is 14.2 Å². The van der Waals surface area contributed by atoms with E-state index in [-0.39, 0.29) is 37.6 Å². The van der Waals surface area contributed by atoms with Crippen molar-refractivity contribution in [2.24, 2.45) is 17.8 Å². The van der Waals surface area contributed by atoms with Crippen LogP contribution in [0.1, 0.15) is 79.6 Å². The fourth-order valence-corrected chi connectivity index (χ4v) is 9.65. The van der Waals surface area contributed by atoms with Gasteiger partial charge >= 0.3 is 6.09 Å². The number of carboxylic acid groups (broad SMARTS) is 1. The van der Waals surface area contributed by atoms with E-state index in [0.29, 0.717) is 59.8 Å². The second-order valence-electron chi connectivity index (χ2n) is 16.8. The number of carbonyl (C=O) groups is 4. The Kier molecular flexibility index (Phi) is 11.7. The zero-order valence-corrected chi connectivity index (χ0v) is 34.6. The Morgan fingerprint density at radius 2 is 1.74 bits per heavy atom. The smallest absolute Gasteiger partial charge is 0.408 e. The lowest BCUT2D eigenvalue weighted by molar-refractivity contribution is -0.156. The normalized spacial score (nSPS) is 28.9. The zero-order valence-electron chi connectivity index (χ0n) is 33.8. The van der Waals surface area contributed by atoms with Crippen LogP contribution in [-0.2, 0) is 24.4 Å². The van der Waals surface area contributed by atoms with Crippen molar-refractivity contribution < 1.29 is 55.7 Å². The molecule has 0 unspecified atom stereocenters. The Morgan fingerprint density at radius 1 is 1.07 bits per heavy atom. The van der Waals surface area contributed by atoms with Gasteiger partial charge in [-0.2, -0.15) is 0 Å². The van der Waals surface area contributed by atoms with Gasteiger partial charge < -0.3 is 29.5 Å². The van der Waals surface area contributed by atoms with E-state index in [1.54, 1.807) is 31.2 Å². The monoisotopic (exact) mass is 833 g/mol. The molecule has 0 radical (unpaired) electrons. The Balaban J connectivity index is 1.43. The molecule has 4 amide bonds. The van der Waals surface area contributed by atoms with Crippen LogP contribution in [0.2, 0.25) is 0 Å². The number of nitrogens with one attached hydrogen (secondary N) is 2. The number of amides is 4. The summed E-state index contributed by atoms with van der Waals surface area (Å²) in [5.74, 6) is -6.69. The molecular weight excluding hydrogens is 781 g/mol. The minimum atomic E-state index is -4.00. The number of allylic oxidation sites excluding steroid dienone is 1. The molecule has 3 N–H and O–H groups in total. The molecule has 6 rings (SSSR count). The van der Waals surface area contributed by atoms with Gasteiger partial charge in [0.1, 0.15) is 29.3 Å². The summed E-state index contributed by atoms with van der Waals surface area (Å²) < 4.78 is 76.1. The lowest BCUT2D eigenvalue weighted by Crippen LogP contribution is -2.66. The average Bonchev–Trinajstić information content (AvgIpc) is 4.07. The molecular formula is C40H53F2N5O10S. The third-order valence-corrected chi connectivity index (χ3v) is 14.1. The molecule has 0 bridgehead atoms. The number of nitrogens with zero attached hydrogens (tertiary/aromatic N) is 3. The molecule has 15 nitrogen and oxygen atoms in total. The minimum absolute atomic E-state index is 0.0921. The Bertz CT molecular complexity index is 2090. The van der Waals surface area contributed by atoms with Gasteiger partial charge in [-0.1, -0.05) is 26.0 Å². The number of hydrogen-bond donors (Lipinski definition) is 3. The average molecular weight is 834 g/mol. The Morgan fingerprint density at radius 3 is 2.36 bits per heavy atom. The predicted octanol–water partition coefficient (Wildman–Crippen LogP) is 4.88. The molecule has 3 heterocycles. The summed E-state index contributed by atoms with van der Waals surface area (Å²) in [4.78, 5) is 62.7. The van der Waals surface area contributed by atoms with E-state index in [2.05, 4.69) is 15.0 Å². The van der Waals surface area contributed by atoms with Crippen molar-refractivity contribution in [2.75, 3.05) is 20.8 Å². The molecule has 58 heavy (non-hydrogen) atoms. The number of halogens is 2. The molecule has 2 aliphatic heterocycles. The highest BCUT2D eigenvalue weighted by Gasteiger charge is 2.62. The highest BCUT2D eigenvalue weighted by atomic mass is 32.2. The third-order valence-electron chi connectivity index (χ3n) is 12.2. The van der Waals surface area contributed by atoms with Crippen LogP contribution >= 0.6 is 0 Å². The zero-order chi connectivity index (χ0) is 42.5. The van der Waals surface area contributed by atoms with Crippen molar-refractivity contribution in [2.45, 2.75) is 120 Å². The molecule has 3 fully saturated rings. The molecule has 7 atom stereocenters. The number of methoxy groups -OCH3 is 2. The number of ether oxygens (including phenoxy) is 3. The first-order valence-corrected chi connectivity index (χ1v) is 21.1. The van der Waals surface area contributed by atoms with Crippen molar-refractivity contribution in [1.29, 1.82) is 0 Å². The molecule has 2 aromatic rings. The van der Waals surface area contributed by atoms with E-state index in [9.17, 15) is 27.9 Å². The summed E-state index contributed by atoms with van der Waals surface area (Å²) in [5, 5.41) is 13.9. The number of aromatic nitrogens is 1. The number of carbonyl (C=O) groups excluding carboxylic acids is 3. The number of benzene rings is 1. The highest BCUT2D eigenvalue weighted by Crippen LogP contribution is 2.47. The molecule has 2 saturated carbocycles. The van der Waals surface area contributed by atoms with Crippen molar-refractivity contribution in [3.8, 4) is 17.4 Å². The third kappa shape index (κ3) is 8.25. The van der Waals surface area contributed by atoms with E-state index in [0.717, 1.165) is 18.7 Å². The summed E-state index contributed by atoms with van der Waals surface area (Å²) in [7, 11) is -1.04. The molecule has 2 aliphatic carbocycles. The minimum Gasteiger partial charge on any atom is -0.493 e. The first-order valence-electron chi connectivity index (χ1n) is 19.6. The fourth-order valence-electron chi connectivity index (χ4n) is 8.28. The maximum atomic E-state index is 15.4. The summed E-state index contributed by atoms with van der Waals surface area (Å²) in [5.41, 5.74) is -4.03. The number of pyridine rings is 1. The van der Waals surface area contributed by atoms with Gasteiger partial charge in [-0.25, -0.2) is 27.0 Å². The molecule has 1 aromatic carbocycles. The molecule has 4 aliphatic rings. The van der Waals surface area contributed by atoms with Crippen molar-refractivity contribution in [1.82, 2.24) is 24.8 Å². The topological polar surface area (TPSA) is 194 Å². The van der Waals surface area contributed by atoms with Gasteiger partial charge in [0.25, 0.3) is 11.8 Å². The lowest BCUT2D eigenvalue weighted by atomic mass is 9.84. The second-order valence-corrected chi connectivity index (χ2v) is 18.8. The van der Waals surface area contributed by atoms with Gasteiger partial charge in [-0.05, 0) is 87.8 Å². The largest absolute Gasteiger partial charge is 0.493 e. The van der Waals surface area contributed by atoms with Crippen LogP contribution in [0.5, 0.6) is 17.4 Å². The van der Waals surface area contributed by atoms with Gasteiger partial charge in [0.15, 0.2) is 11.5 Å². The van der Waals surface area contributed by atoms with Crippen molar-refractivity contribution in [3.63, 3.8) is 0 Å². The van der Waals surface area contributed by atoms with Crippen LogP contribution < -0.4 is 24.2 Å². The van der Waals surface area contributed by atoms with E-state index in [1.165, 1.54) is 20.4 Å². The molecule has 1 saturated heterocycles. The Labute approximate surface area is 336 Å². The van der Waals surface area contributed by atoms with Crippen LogP contribution in [0.4, 0.5) is 13.6 Å². The SMILES string of the molecule is COc1cc2ccnc(O[C@@H]3C[C@H]4C(=O)N[C@]5(C(=O)NS(=O)(=O)C6CC6)C[C@H]5/C=C\CC[C@H](C)C[C@@H](C)[C@H](N(C(=O)O)C(C)(C)C(C)(F)F)C(=O)N4C3)c2cc1OC. The van der Waals surface area contributed by atoms with Crippen LogP contribution in [0.25, 0.3) is 10.8 Å². The van der Waals surface area contributed by atoms with Gasteiger partial charge in [0.2, 0.25) is 27.7 Å². The van der Waals surface area contributed by atoms with Gasteiger partial charge in [-0.15, -0.1) is 0 Å². The summed E-state index contributed by atoms with van der Waals surface area (Å²) in [6.45, 7) is 5.99. The maximum Gasteiger partial charge on any atom is 0.408 e. The van der Waals surface area contributed by atoms with Gasteiger partial charge in [-0.3, -0.25) is 24.0 Å². The summed E-state index contributed by atoms with van der Waals surface area (Å²) in [6, 6.07) is 2.06. The van der Waals surface area contributed by atoms with Gasteiger partial charge in [0.05, 0.1) is 26.0 Å². The standard InChI is InChI=1S/C40H53F2N5O10S/c1-22-10-8-9-11-25-20-40(25,36(50)45-58(53,54)27-12-13-27)44-33(48)29-18-26(57-34-28-19-31(56-7)30(55-6)17-24(28)14-15-43-34)21-46(29)35(49)32(23(2)16-22)47(37(51)52)38(3,4)39(5,41)42/h9,11,14-15,17,19,22-23,25-27,29,32H,8,10,12-13,16,18,20-21H2,1-7H3,(H,44,48)(H,45,50)(H,51,52)/b11-9-/t22-,23+,25+,26+,29-,32-,40+/m0/s1. The van der Waals surface area contributed by atoms with Crippen molar-refractivity contribution in [3.05, 3.63) is 36.5 Å². The molecule has 318 valence electrons. The van der Waals surface area contributed by atoms with E-state index in [1.807, 2.05) is 13.0 Å². The Hall–Kier alpha value is -4.74. The van der Waals surface area contributed by atoms with Crippen LogP contribution in [0.3, 0.4) is 0 Å². The fraction of sp³-hybridized carbons (Fsp3) is 0.625. The number of fused-ring (bicyclic) bond motifs is 3. The second kappa shape index (κ2) is 15.8. The molecule has 0 spiro atoms. The number of rotatable bonds is 10. The van der Waals surface area contributed by atoms with Crippen LogP contribution in [0.15, 0.2) is 36.5 Å². The lowest BCUT2D eigenvalue weighted by Gasteiger charge is -2.47. The maximum absolute atomic E-state index is 15.4. The summed E-state index contributed by atoms with van der Waals surface area (Å²) >= 11 is 0. The van der Waals surface area contributed by atoms with E-state index >= 15 is 13.6 Å². The number of hydrogen-bond acceptors (Lipinski definition) is 10. The van der Waals surface area contributed by atoms with Crippen LogP contribution in [0, 0.1) is 17.8 Å². The molecule has 18 heteroatoms. The summed E-state index contributed by atoms with van der Waals surface area (Å²) in [6.07, 6.45) is 4.57. The number of alkyl halides is 2. The van der Waals surface area contributed by atoms with E-state index < -0.39 is 86.1 Å². The van der Waals surface area contributed by atoms with Crippen molar-refractivity contribution >= 4 is 44.6 Å². The quantitative estimate of drug-likeness (QED) is 0.277. The molecule has 1 aromatic heterocycles. The first kappa shape index (κ1) is 42.9.